The van der Waals surface area contributed by atoms with Gasteiger partial charge in [-0.05, 0) is 45.7 Å². The first-order valence-electron chi connectivity index (χ1n) is 9.01. The predicted molar refractivity (Wildman–Crippen MR) is 88.2 cm³/mol. The second kappa shape index (κ2) is 7.58. The van der Waals surface area contributed by atoms with Crippen molar-refractivity contribution in [3.63, 3.8) is 0 Å². The Morgan fingerprint density at radius 2 is 1.95 bits per heavy atom. The fraction of sp³-hybridized carbons (Fsp3) is 1.00. The summed E-state index contributed by atoms with van der Waals surface area (Å²) >= 11 is 0. The molecule has 5 heteroatoms. The van der Waals surface area contributed by atoms with Gasteiger partial charge in [0.2, 0.25) is 0 Å². The molecule has 0 radical (unpaired) electrons. The van der Waals surface area contributed by atoms with Crippen LogP contribution >= 0.6 is 0 Å². The van der Waals surface area contributed by atoms with E-state index in [0.717, 1.165) is 58.3 Å². The summed E-state index contributed by atoms with van der Waals surface area (Å²) < 4.78 is 11.3. The maximum absolute atomic E-state index is 5.68. The Morgan fingerprint density at radius 1 is 1.14 bits per heavy atom. The average molecular weight is 311 g/mol. The molecule has 1 aliphatic carbocycles. The molecule has 0 spiro atoms. The van der Waals surface area contributed by atoms with Crippen LogP contribution in [0.3, 0.4) is 0 Å². The minimum absolute atomic E-state index is 0.266. The molecular weight excluding hydrogens is 278 g/mol. The van der Waals surface area contributed by atoms with Crippen LogP contribution in [-0.4, -0.2) is 76.1 Å². The molecule has 5 nitrogen and oxygen atoms in total. The highest BCUT2D eigenvalue weighted by molar-refractivity contribution is 4.97. The summed E-state index contributed by atoms with van der Waals surface area (Å²) in [6, 6.07) is 1.18. The quantitative estimate of drug-likeness (QED) is 0.788. The van der Waals surface area contributed by atoms with Crippen molar-refractivity contribution >= 4 is 0 Å². The van der Waals surface area contributed by atoms with E-state index in [2.05, 4.69) is 29.6 Å². The SMILES string of the molecule is CN(C)C1(CNC2CCCC2C2COCCN2)CCOCC1. The number of ether oxygens (including phenoxy) is 2. The number of likely N-dealkylation sites (N-methyl/N-ethyl adjacent to an activating group) is 1. The second-order valence-corrected chi connectivity index (χ2v) is 7.45. The molecule has 0 aromatic carbocycles. The average Bonchev–Trinajstić information content (AvgIpc) is 3.03. The van der Waals surface area contributed by atoms with Gasteiger partial charge in [-0.2, -0.15) is 0 Å². The van der Waals surface area contributed by atoms with E-state index in [1.807, 2.05) is 0 Å². The molecule has 2 saturated heterocycles. The highest BCUT2D eigenvalue weighted by atomic mass is 16.5. The van der Waals surface area contributed by atoms with Crippen molar-refractivity contribution < 1.29 is 9.47 Å². The van der Waals surface area contributed by atoms with Gasteiger partial charge in [0.1, 0.15) is 0 Å². The van der Waals surface area contributed by atoms with Gasteiger partial charge >= 0.3 is 0 Å². The fourth-order valence-corrected chi connectivity index (χ4v) is 4.44. The summed E-state index contributed by atoms with van der Waals surface area (Å²) in [5.74, 6) is 0.722. The van der Waals surface area contributed by atoms with E-state index in [0.29, 0.717) is 12.1 Å². The van der Waals surface area contributed by atoms with Gasteiger partial charge < -0.3 is 25.0 Å². The Hall–Kier alpha value is -0.200. The molecule has 128 valence electrons. The molecule has 2 heterocycles. The molecule has 0 aromatic heterocycles. The largest absolute Gasteiger partial charge is 0.381 e. The first kappa shape index (κ1) is 16.7. The third-order valence-corrected chi connectivity index (χ3v) is 6.10. The lowest BCUT2D eigenvalue weighted by Crippen LogP contribution is -2.58. The van der Waals surface area contributed by atoms with E-state index >= 15 is 0 Å². The molecule has 0 aromatic rings. The normalized spacial score (nSPS) is 35.9. The van der Waals surface area contributed by atoms with Crippen LogP contribution < -0.4 is 10.6 Å². The minimum atomic E-state index is 0.266. The lowest BCUT2D eigenvalue weighted by Gasteiger charge is -2.44. The summed E-state index contributed by atoms with van der Waals surface area (Å²) in [4.78, 5) is 2.41. The molecule has 3 rings (SSSR count). The smallest absolute Gasteiger partial charge is 0.0623 e. The summed E-state index contributed by atoms with van der Waals surface area (Å²) in [7, 11) is 4.44. The summed E-state index contributed by atoms with van der Waals surface area (Å²) in [5.41, 5.74) is 0.266. The number of nitrogens with zero attached hydrogens (tertiary/aromatic N) is 1. The Balaban J connectivity index is 1.56. The van der Waals surface area contributed by atoms with Crippen molar-refractivity contribution in [1.29, 1.82) is 0 Å². The van der Waals surface area contributed by atoms with Crippen molar-refractivity contribution in [1.82, 2.24) is 15.5 Å². The number of morpholine rings is 1. The maximum atomic E-state index is 5.68. The van der Waals surface area contributed by atoms with Gasteiger partial charge in [-0.3, -0.25) is 0 Å². The third-order valence-electron chi connectivity index (χ3n) is 6.10. The highest BCUT2D eigenvalue weighted by Crippen LogP contribution is 2.31. The van der Waals surface area contributed by atoms with Crippen molar-refractivity contribution in [3.8, 4) is 0 Å². The monoisotopic (exact) mass is 311 g/mol. The Labute approximate surface area is 135 Å². The van der Waals surface area contributed by atoms with Crippen LogP contribution in [0.5, 0.6) is 0 Å². The highest BCUT2D eigenvalue weighted by Gasteiger charge is 2.38. The van der Waals surface area contributed by atoms with Crippen molar-refractivity contribution in [2.24, 2.45) is 5.92 Å². The van der Waals surface area contributed by atoms with Crippen LogP contribution in [0.1, 0.15) is 32.1 Å². The van der Waals surface area contributed by atoms with Gasteiger partial charge in [-0.1, -0.05) is 6.42 Å². The molecule has 0 amide bonds. The van der Waals surface area contributed by atoms with Gasteiger partial charge in [0.05, 0.1) is 13.2 Å². The molecule has 3 aliphatic rings. The van der Waals surface area contributed by atoms with E-state index in [1.165, 1.54) is 19.3 Å². The van der Waals surface area contributed by atoms with Gasteiger partial charge in [-0.25, -0.2) is 0 Å². The van der Waals surface area contributed by atoms with Gasteiger partial charge in [0, 0.05) is 43.9 Å². The van der Waals surface area contributed by atoms with Crippen LogP contribution in [0.2, 0.25) is 0 Å². The molecular formula is C17H33N3O2. The van der Waals surface area contributed by atoms with Crippen molar-refractivity contribution in [2.75, 3.05) is 53.6 Å². The van der Waals surface area contributed by atoms with Crippen LogP contribution in [0.4, 0.5) is 0 Å². The molecule has 2 aliphatic heterocycles. The summed E-state index contributed by atoms with van der Waals surface area (Å²) in [5, 5.41) is 7.59. The molecule has 0 bridgehead atoms. The van der Waals surface area contributed by atoms with Gasteiger partial charge in [0.25, 0.3) is 0 Å². The van der Waals surface area contributed by atoms with Crippen LogP contribution in [0.25, 0.3) is 0 Å². The lowest BCUT2D eigenvalue weighted by atomic mass is 9.87. The topological polar surface area (TPSA) is 45.8 Å². The summed E-state index contributed by atoms with van der Waals surface area (Å²) in [6.07, 6.45) is 6.25. The minimum Gasteiger partial charge on any atom is -0.381 e. The third kappa shape index (κ3) is 3.65. The molecule has 2 N–H and O–H groups in total. The summed E-state index contributed by atoms with van der Waals surface area (Å²) in [6.45, 7) is 5.63. The second-order valence-electron chi connectivity index (χ2n) is 7.45. The lowest BCUT2D eigenvalue weighted by molar-refractivity contribution is -0.00995. The van der Waals surface area contributed by atoms with Crippen molar-refractivity contribution in [3.05, 3.63) is 0 Å². The molecule has 1 saturated carbocycles. The zero-order valence-electron chi connectivity index (χ0n) is 14.3. The fourth-order valence-electron chi connectivity index (χ4n) is 4.44. The molecule has 22 heavy (non-hydrogen) atoms. The van der Waals surface area contributed by atoms with Gasteiger partial charge in [0.15, 0.2) is 0 Å². The van der Waals surface area contributed by atoms with Crippen LogP contribution in [0.15, 0.2) is 0 Å². The number of hydrogen-bond acceptors (Lipinski definition) is 5. The Kier molecular flexibility index (Phi) is 5.74. The van der Waals surface area contributed by atoms with Crippen LogP contribution in [-0.2, 0) is 9.47 Å². The molecule has 3 unspecified atom stereocenters. The molecule has 3 fully saturated rings. The zero-order valence-corrected chi connectivity index (χ0v) is 14.3. The first-order valence-corrected chi connectivity index (χ1v) is 9.01. The number of hydrogen-bond donors (Lipinski definition) is 2. The standard InChI is InChI=1S/C17H33N3O2/c1-20(2)17(6-9-21-10-7-17)13-19-15-5-3-4-14(15)16-12-22-11-8-18-16/h14-16,18-19H,3-13H2,1-2H3. The zero-order chi connectivity index (χ0) is 15.4. The maximum Gasteiger partial charge on any atom is 0.0623 e. The Morgan fingerprint density at radius 3 is 2.64 bits per heavy atom. The van der Waals surface area contributed by atoms with E-state index in [4.69, 9.17) is 9.47 Å². The molecule has 3 atom stereocenters. The first-order chi connectivity index (χ1) is 10.7. The van der Waals surface area contributed by atoms with E-state index < -0.39 is 0 Å². The van der Waals surface area contributed by atoms with Crippen molar-refractivity contribution in [2.45, 2.75) is 49.7 Å². The van der Waals surface area contributed by atoms with E-state index in [-0.39, 0.29) is 5.54 Å². The van der Waals surface area contributed by atoms with Gasteiger partial charge in [-0.15, -0.1) is 0 Å². The Bertz CT molecular complexity index is 339. The predicted octanol–water partition coefficient (Wildman–Crippen LogP) is 0.844. The number of rotatable bonds is 5. The van der Waals surface area contributed by atoms with E-state index in [1.54, 1.807) is 0 Å². The number of nitrogens with one attached hydrogen (secondary N) is 2. The van der Waals surface area contributed by atoms with Crippen LogP contribution in [0, 0.1) is 5.92 Å². The van der Waals surface area contributed by atoms with E-state index in [9.17, 15) is 0 Å².